The number of aryl methyl sites for hydroxylation is 1. The van der Waals surface area contributed by atoms with Gasteiger partial charge in [-0.25, -0.2) is 18.2 Å². The lowest BCUT2D eigenvalue weighted by atomic mass is 10.2. The summed E-state index contributed by atoms with van der Waals surface area (Å²) in [5.41, 5.74) is 0.564. The number of aromatic nitrogens is 1. The molecule has 0 fully saturated rings. The van der Waals surface area contributed by atoms with Gasteiger partial charge in [-0.3, -0.25) is 4.79 Å². The van der Waals surface area contributed by atoms with Crippen LogP contribution in [0.3, 0.4) is 0 Å². The first-order valence-electron chi connectivity index (χ1n) is 5.21. The minimum Gasteiger partial charge on any atom is -0.481 e. The molecule has 2 rings (SSSR count). The highest BCUT2D eigenvalue weighted by atomic mass is 32.1. The maximum Gasteiger partial charge on any atom is 0.308 e. The van der Waals surface area contributed by atoms with Crippen LogP contribution in [0.25, 0.3) is 10.6 Å². The van der Waals surface area contributed by atoms with Gasteiger partial charge in [0.2, 0.25) is 0 Å². The molecule has 0 unspecified atom stereocenters. The van der Waals surface area contributed by atoms with Crippen LogP contribution in [0.4, 0.5) is 13.2 Å². The Morgan fingerprint density at radius 2 is 1.89 bits per heavy atom. The van der Waals surface area contributed by atoms with E-state index in [4.69, 9.17) is 5.11 Å². The number of hydrogen-bond donors (Lipinski definition) is 1. The van der Waals surface area contributed by atoms with Gasteiger partial charge < -0.3 is 5.11 Å². The number of carboxylic acid groups (broad SMARTS) is 1. The van der Waals surface area contributed by atoms with Crippen LogP contribution in [0, 0.1) is 24.4 Å². The Kier molecular flexibility index (Phi) is 3.57. The molecule has 1 aromatic carbocycles. The van der Waals surface area contributed by atoms with Crippen LogP contribution < -0.4 is 0 Å². The van der Waals surface area contributed by atoms with Gasteiger partial charge in [-0.1, -0.05) is 0 Å². The molecule has 2 aromatic rings. The lowest BCUT2D eigenvalue weighted by molar-refractivity contribution is -0.136. The highest BCUT2D eigenvalue weighted by Gasteiger charge is 2.16. The second-order valence-corrected chi connectivity index (χ2v) is 4.94. The van der Waals surface area contributed by atoms with Crippen molar-refractivity contribution < 1.29 is 23.1 Å². The molecule has 0 amide bonds. The maximum atomic E-state index is 13.1. The van der Waals surface area contributed by atoms with Gasteiger partial charge in [0.1, 0.15) is 5.01 Å². The van der Waals surface area contributed by atoms with Crippen LogP contribution in [0.5, 0.6) is 0 Å². The largest absolute Gasteiger partial charge is 0.481 e. The molecule has 0 radical (unpaired) electrons. The van der Waals surface area contributed by atoms with E-state index in [1.165, 1.54) is 0 Å². The average Bonchev–Trinajstić information content (AvgIpc) is 2.66. The molecule has 0 aliphatic carbocycles. The predicted octanol–water partition coefficient (Wildman–Crippen LogP) is 3.16. The Morgan fingerprint density at radius 1 is 1.32 bits per heavy atom. The zero-order valence-electron chi connectivity index (χ0n) is 9.71. The molecule has 0 saturated carbocycles. The number of thiazole rings is 1. The maximum absolute atomic E-state index is 13.1. The van der Waals surface area contributed by atoms with Crippen molar-refractivity contribution in [1.29, 1.82) is 0 Å². The Balaban J connectivity index is 2.45. The van der Waals surface area contributed by atoms with E-state index >= 15 is 0 Å². The Morgan fingerprint density at radius 3 is 2.42 bits per heavy atom. The van der Waals surface area contributed by atoms with Crippen molar-refractivity contribution in [1.82, 2.24) is 4.98 Å². The van der Waals surface area contributed by atoms with Crippen molar-refractivity contribution >= 4 is 17.3 Å². The summed E-state index contributed by atoms with van der Waals surface area (Å²) >= 11 is 1.02. The van der Waals surface area contributed by atoms with Gasteiger partial charge in [-0.15, -0.1) is 11.3 Å². The van der Waals surface area contributed by atoms with Gasteiger partial charge in [0.25, 0.3) is 0 Å². The number of nitrogens with zero attached hydrogens (tertiary/aromatic N) is 1. The lowest BCUT2D eigenvalue weighted by Gasteiger charge is -1.99. The second kappa shape index (κ2) is 5.00. The lowest BCUT2D eigenvalue weighted by Crippen LogP contribution is -1.99. The molecular formula is C12H8F3NO2S. The first kappa shape index (κ1) is 13.5. The van der Waals surface area contributed by atoms with Crippen LogP contribution in [0.2, 0.25) is 0 Å². The van der Waals surface area contributed by atoms with Gasteiger partial charge >= 0.3 is 5.97 Å². The molecule has 0 atom stereocenters. The number of rotatable bonds is 3. The fourth-order valence-corrected chi connectivity index (χ4v) is 2.57. The van der Waals surface area contributed by atoms with E-state index in [9.17, 15) is 18.0 Å². The summed E-state index contributed by atoms with van der Waals surface area (Å²) in [6.07, 6.45) is -0.213. The van der Waals surface area contributed by atoms with Gasteiger partial charge in [0.05, 0.1) is 12.1 Å². The van der Waals surface area contributed by atoms with Gasteiger partial charge in [0, 0.05) is 10.4 Å². The van der Waals surface area contributed by atoms with E-state index in [1.54, 1.807) is 6.92 Å². The summed E-state index contributed by atoms with van der Waals surface area (Å²) < 4.78 is 39.1. The quantitative estimate of drug-likeness (QED) is 0.882. The van der Waals surface area contributed by atoms with Crippen molar-refractivity contribution in [2.45, 2.75) is 13.3 Å². The van der Waals surface area contributed by atoms with E-state index < -0.39 is 23.4 Å². The number of aliphatic carboxylic acids is 1. The van der Waals surface area contributed by atoms with Crippen molar-refractivity contribution in [3.8, 4) is 10.6 Å². The monoisotopic (exact) mass is 287 g/mol. The smallest absolute Gasteiger partial charge is 0.308 e. The molecule has 3 nitrogen and oxygen atoms in total. The predicted molar refractivity (Wildman–Crippen MR) is 63.5 cm³/mol. The zero-order valence-corrected chi connectivity index (χ0v) is 10.5. The fraction of sp³-hybridized carbons (Fsp3) is 0.167. The standard InChI is InChI=1S/C12H8F3NO2S/c1-5-9(4-10(17)18)19-12(16-5)6-2-7(13)11(15)8(14)3-6/h2-3H,4H2,1H3,(H,17,18). The Bertz CT molecular complexity index is 631. The van der Waals surface area contributed by atoms with Crippen molar-refractivity contribution in [3.63, 3.8) is 0 Å². The van der Waals surface area contributed by atoms with E-state index in [-0.39, 0.29) is 17.0 Å². The van der Waals surface area contributed by atoms with E-state index in [0.29, 0.717) is 10.6 Å². The molecule has 19 heavy (non-hydrogen) atoms. The molecule has 0 spiro atoms. The minimum atomic E-state index is -1.54. The van der Waals surface area contributed by atoms with E-state index in [2.05, 4.69) is 4.98 Å². The fourth-order valence-electron chi connectivity index (χ4n) is 1.53. The molecular weight excluding hydrogens is 279 g/mol. The molecule has 0 aliphatic heterocycles. The van der Waals surface area contributed by atoms with Gasteiger partial charge in [-0.05, 0) is 19.1 Å². The molecule has 100 valence electrons. The van der Waals surface area contributed by atoms with Crippen LogP contribution in [-0.4, -0.2) is 16.1 Å². The number of carboxylic acids is 1. The third-order valence-electron chi connectivity index (χ3n) is 2.44. The number of hydrogen-bond acceptors (Lipinski definition) is 3. The average molecular weight is 287 g/mol. The van der Waals surface area contributed by atoms with Crippen LogP contribution in [0.15, 0.2) is 12.1 Å². The number of halogens is 3. The molecule has 1 aromatic heterocycles. The molecule has 0 aliphatic rings. The third-order valence-corrected chi connectivity index (χ3v) is 3.64. The topological polar surface area (TPSA) is 50.2 Å². The van der Waals surface area contributed by atoms with Gasteiger partial charge in [0.15, 0.2) is 17.5 Å². The minimum absolute atomic E-state index is 0.0844. The molecule has 1 N–H and O–H groups in total. The van der Waals surface area contributed by atoms with Gasteiger partial charge in [-0.2, -0.15) is 0 Å². The summed E-state index contributed by atoms with van der Waals surface area (Å²) in [6.45, 7) is 1.61. The van der Waals surface area contributed by atoms with Crippen LogP contribution in [-0.2, 0) is 11.2 Å². The second-order valence-electron chi connectivity index (χ2n) is 3.85. The van der Waals surface area contributed by atoms with Crippen molar-refractivity contribution in [3.05, 3.63) is 40.2 Å². The molecule has 0 bridgehead atoms. The van der Waals surface area contributed by atoms with Crippen LogP contribution >= 0.6 is 11.3 Å². The number of benzene rings is 1. The first-order valence-corrected chi connectivity index (χ1v) is 6.03. The SMILES string of the molecule is Cc1nc(-c2cc(F)c(F)c(F)c2)sc1CC(=O)O. The molecule has 1 heterocycles. The summed E-state index contributed by atoms with van der Waals surface area (Å²) in [6, 6.07) is 1.67. The third kappa shape index (κ3) is 2.76. The normalized spacial score (nSPS) is 10.7. The van der Waals surface area contributed by atoms with Crippen molar-refractivity contribution in [2.24, 2.45) is 0 Å². The van der Waals surface area contributed by atoms with E-state index in [1.807, 2.05) is 0 Å². The van der Waals surface area contributed by atoms with E-state index in [0.717, 1.165) is 23.5 Å². The van der Waals surface area contributed by atoms with Crippen molar-refractivity contribution in [2.75, 3.05) is 0 Å². The molecule has 7 heteroatoms. The Labute approximate surface area is 110 Å². The number of carbonyl (C=O) groups is 1. The highest BCUT2D eigenvalue weighted by molar-refractivity contribution is 7.15. The first-order chi connectivity index (χ1) is 8.88. The van der Waals surface area contributed by atoms with Crippen LogP contribution in [0.1, 0.15) is 10.6 Å². The molecule has 0 saturated heterocycles. The summed E-state index contributed by atoms with van der Waals surface area (Å²) in [4.78, 5) is 15.2. The Hall–Kier alpha value is -1.89. The summed E-state index contributed by atoms with van der Waals surface area (Å²) in [5, 5.41) is 8.96. The highest BCUT2D eigenvalue weighted by Crippen LogP contribution is 2.30. The summed E-state index contributed by atoms with van der Waals surface area (Å²) in [7, 11) is 0. The summed E-state index contributed by atoms with van der Waals surface area (Å²) in [5.74, 6) is -5.16. The zero-order chi connectivity index (χ0) is 14.2.